The summed E-state index contributed by atoms with van der Waals surface area (Å²) in [6.45, 7) is 0. The van der Waals surface area contributed by atoms with Crippen molar-refractivity contribution in [2.24, 2.45) is 11.8 Å². The van der Waals surface area contributed by atoms with Crippen molar-refractivity contribution in [2.75, 3.05) is 14.2 Å². The number of hydrogen-bond donors (Lipinski definition) is 0. The lowest BCUT2D eigenvalue weighted by atomic mass is 9.81. The Morgan fingerprint density at radius 1 is 0.812 bits per heavy atom. The number of ether oxygens (including phenoxy) is 2. The first kappa shape index (κ1) is 13.0. The predicted octanol–water partition coefficient (Wildman–Crippen LogP) is 1.92. The second kappa shape index (κ2) is 6.51. The molecule has 0 heterocycles. The average Bonchev–Trinajstić information content (AvgIpc) is 2.27. The van der Waals surface area contributed by atoms with E-state index in [0.717, 1.165) is 38.5 Å². The number of hydrogen-bond acceptors (Lipinski definition) is 4. The van der Waals surface area contributed by atoms with Crippen molar-refractivity contribution in [1.82, 2.24) is 0 Å². The van der Waals surface area contributed by atoms with Gasteiger partial charge in [0.1, 0.15) is 0 Å². The average molecular weight is 228 g/mol. The van der Waals surface area contributed by atoms with Crippen LogP contribution in [0, 0.1) is 11.8 Å². The van der Waals surface area contributed by atoms with E-state index in [1.807, 2.05) is 0 Å². The molecule has 1 aliphatic carbocycles. The van der Waals surface area contributed by atoms with Gasteiger partial charge in [0.2, 0.25) is 0 Å². The first-order valence-corrected chi connectivity index (χ1v) is 5.86. The molecule has 1 aliphatic rings. The second-order valence-corrected chi connectivity index (χ2v) is 4.25. The van der Waals surface area contributed by atoms with Crippen LogP contribution in [0.2, 0.25) is 0 Å². The molecule has 2 atom stereocenters. The normalized spacial score (nSPS) is 26.4. The van der Waals surface area contributed by atoms with Gasteiger partial charge < -0.3 is 9.47 Å². The molecule has 92 valence electrons. The van der Waals surface area contributed by atoms with Crippen molar-refractivity contribution in [3.63, 3.8) is 0 Å². The molecule has 0 aliphatic heterocycles. The van der Waals surface area contributed by atoms with Gasteiger partial charge in [-0.05, 0) is 12.8 Å². The van der Waals surface area contributed by atoms with Crippen molar-refractivity contribution in [3.05, 3.63) is 0 Å². The Labute approximate surface area is 96.3 Å². The Balaban J connectivity index is 2.76. The molecule has 4 nitrogen and oxygen atoms in total. The maximum Gasteiger partial charge on any atom is 0.309 e. The molecule has 0 saturated heterocycles. The quantitative estimate of drug-likeness (QED) is 0.677. The highest BCUT2D eigenvalue weighted by atomic mass is 16.5. The SMILES string of the molecule is COC(=O)C1CCCCCCC1C(=O)OC. The maximum atomic E-state index is 11.6. The van der Waals surface area contributed by atoms with Crippen LogP contribution >= 0.6 is 0 Å². The van der Waals surface area contributed by atoms with Crippen LogP contribution < -0.4 is 0 Å². The van der Waals surface area contributed by atoms with Gasteiger partial charge in [0.05, 0.1) is 26.1 Å². The van der Waals surface area contributed by atoms with E-state index < -0.39 is 0 Å². The minimum atomic E-state index is -0.322. The molecule has 0 bridgehead atoms. The zero-order valence-corrected chi connectivity index (χ0v) is 10.0. The summed E-state index contributed by atoms with van der Waals surface area (Å²) < 4.78 is 9.53. The molecule has 0 aromatic rings. The molecule has 0 aromatic heterocycles. The molecular formula is C12H20O4. The molecule has 16 heavy (non-hydrogen) atoms. The van der Waals surface area contributed by atoms with Crippen LogP contribution in [-0.2, 0) is 19.1 Å². The van der Waals surface area contributed by atoms with E-state index in [1.165, 1.54) is 14.2 Å². The lowest BCUT2D eigenvalue weighted by Gasteiger charge is -2.25. The van der Waals surface area contributed by atoms with E-state index in [1.54, 1.807) is 0 Å². The van der Waals surface area contributed by atoms with Crippen LogP contribution in [0.4, 0.5) is 0 Å². The van der Waals surface area contributed by atoms with Crippen LogP contribution in [0.5, 0.6) is 0 Å². The smallest absolute Gasteiger partial charge is 0.309 e. The number of rotatable bonds is 2. The second-order valence-electron chi connectivity index (χ2n) is 4.25. The van der Waals surface area contributed by atoms with Gasteiger partial charge in [0.15, 0.2) is 0 Å². The minimum absolute atomic E-state index is 0.280. The van der Waals surface area contributed by atoms with E-state index in [0.29, 0.717) is 0 Å². The fourth-order valence-electron chi connectivity index (χ4n) is 2.35. The van der Waals surface area contributed by atoms with E-state index in [4.69, 9.17) is 9.47 Å². The van der Waals surface area contributed by atoms with Gasteiger partial charge in [-0.1, -0.05) is 25.7 Å². The van der Waals surface area contributed by atoms with Crippen LogP contribution in [0.25, 0.3) is 0 Å². The Hall–Kier alpha value is -1.06. The molecule has 4 heteroatoms. The van der Waals surface area contributed by atoms with Crippen molar-refractivity contribution >= 4 is 11.9 Å². The molecule has 0 N–H and O–H groups in total. The summed E-state index contributed by atoms with van der Waals surface area (Å²) in [5.41, 5.74) is 0. The van der Waals surface area contributed by atoms with Crippen LogP contribution in [0.3, 0.4) is 0 Å². The number of carbonyl (C=O) groups excluding carboxylic acids is 2. The van der Waals surface area contributed by atoms with Crippen molar-refractivity contribution in [2.45, 2.75) is 38.5 Å². The number of carbonyl (C=O) groups is 2. The summed E-state index contributed by atoms with van der Waals surface area (Å²) in [5, 5.41) is 0. The summed E-state index contributed by atoms with van der Waals surface area (Å²) in [4.78, 5) is 23.3. The molecule has 2 unspecified atom stereocenters. The highest BCUT2D eigenvalue weighted by Crippen LogP contribution is 2.29. The van der Waals surface area contributed by atoms with Gasteiger partial charge in [-0.15, -0.1) is 0 Å². The van der Waals surface area contributed by atoms with Crippen molar-refractivity contribution in [3.8, 4) is 0 Å². The third-order valence-corrected chi connectivity index (χ3v) is 3.27. The molecule has 0 spiro atoms. The van der Waals surface area contributed by atoms with E-state index in [9.17, 15) is 9.59 Å². The van der Waals surface area contributed by atoms with E-state index in [2.05, 4.69) is 0 Å². The molecule has 0 amide bonds. The molecular weight excluding hydrogens is 208 g/mol. The molecule has 1 rings (SSSR count). The predicted molar refractivity (Wildman–Crippen MR) is 58.7 cm³/mol. The summed E-state index contributed by atoms with van der Waals surface area (Å²) in [6.07, 6.45) is 5.67. The standard InChI is InChI=1S/C12H20O4/c1-15-11(13)9-7-5-3-4-6-8-10(9)12(14)16-2/h9-10H,3-8H2,1-2H3. The van der Waals surface area contributed by atoms with Gasteiger partial charge in [-0.3, -0.25) is 9.59 Å². The first-order chi connectivity index (χ1) is 7.70. The Morgan fingerprint density at radius 2 is 1.19 bits per heavy atom. The van der Waals surface area contributed by atoms with Gasteiger partial charge in [0.25, 0.3) is 0 Å². The Morgan fingerprint density at radius 3 is 1.50 bits per heavy atom. The van der Waals surface area contributed by atoms with E-state index >= 15 is 0 Å². The fraction of sp³-hybridized carbons (Fsp3) is 0.833. The maximum absolute atomic E-state index is 11.6. The topological polar surface area (TPSA) is 52.6 Å². The monoisotopic (exact) mass is 228 g/mol. The fourth-order valence-corrected chi connectivity index (χ4v) is 2.35. The largest absolute Gasteiger partial charge is 0.469 e. The first-order valence-electron chi connectivity index (χ1n) is 5.86. The van der Waals surface area contributed by atoms with Gasteiger partial charge in [-0.2, -0.15) is 0 Å². The van der Waals surface area contributed by atoms with E-state index in [-0.39, 0.29) is 23.8 Å². The molecule has 0 aromatic carbocycles. The van der Waals surface area contributed by atoms with Crippen molar-refractivity contribution in [1.29, 1.82) is 0 Å². The number of esters is 2. The van der Waals surface area contributed by atoms with Crippen molar-refractivity contribution < 1.29 is 19.1 Å². The zero-order chi connectivity index (χ0) is 12.0. The van der Waals surface area contributed by atoms with Gasteiger partial charge in [0, 0.05) is 0 Å². The molecule has 0 radical (unpaired) electrons. The summed E-state index contributed by atoms with van der Waals surface area (Å²) in [7, 11) is 2.74. The molecule has 1 saturated carbocycles. The zero-order valence-electron chi connectivity index (χ0n) is 10.0. The van der Waals surface area contributed by atoms with Crippen LogP contribution in [0.15, 0.2) is 0 Å². The summed E-state index contributed by atoms with van der Waals surface area (Å²) in [6, 6.07) is 0. The minimum Gasteiger partial charge on any atom is -0.469 e. The van der Waals surface area contributed by atoms with Gasteiger partial charge >= 0.3 is 11.9 Å². The third kappa shape index (κ3) is 3.22. The van der Waals surface area contributed by atoms with Gasteiger partial charge in [-0.25, -0.2) is 0 Å². The number of methoxy groups -OCH3 is 2. The van der Waals surface area contributed by atoms with Crippen LogP contribution in [0.1, 0.15) is 38.5 Å². The third-order valence-electron chi connectivity index (χ3n) is 3.27. The summed E-state index contributed by atoms with van der Waals surface area (Å²) in [5.74, 6) is -1.20. The lowest BCUT2D eigenvalue weighted by molar-refractivity contribution is -0.158. The lowest BCUT2D eigenvalue weighted by Crippen LogP contribution is -2.32. The highest BCUT2D eigenvalue weighted by molar-refractivity contribution is 5.82. The Bertz CT molecular complexity index is 223. The van der Waals surface area contributed by atoms with Crippen LogP contribution in [-0.4, -0.2) is 26.2 Å². The highest BCUT2D eigenvalue weighted by Gasteiger charge is 2.35. The Kier molecular flexibility index (Phi) is 5.29. The molecule has 1 fully saturated rings. The summed E-state index contributed by atoms with van der Waals surface area (Å²) >= 11 is 0.